The van der Waals surface area contributed by atoms with Crippen LogP contribution in [0, 0.1) is 39.9 Å². The first-order chi connectivity index (χ1) is 18.1. The topological polar surface area (TPSA) is 113 Å². The first kappa shape index (κ1) is 36.4. The van der Waals surface area contributed by atoms with Crippen LogP contribution in [0.25, 0.3) is 0 Å². The fraction of sp³-hybridized carbons (Fsp3) is 0.667. The number of nitrogens with zero attached hydrogens (tertiary/aromatic N) is 1. The van der Waals surface area contributed by atoms with Crippen molar-refractivity contribution in [3.8, 4) is 6.07 Å². The lowest BCUT2D eigenvalue weighted by Gasteiger charge is -2.27. The van der Waals surface area contributed by atoms with E-state index in [9.17, 15) is 14.9 Å². The van der Waals surface area contributed by atoms with Crippen molar-refractivity contribution < 1.29 is 19.4 Å². The fourth-order valence-electron chi connectivity index (χ4n) is 4.40. The average Bonchev–Trinajstić information content (AvgIpc) is 2.84. The Morgan fingerprint density at radius 1 is 1.00 bits per heavy atom. The van der Waals surface area contributed by atoms with Gasteiger partial charge < -0.3 is 15.6 Å². The van der Waals surface area contributed by atoms with Crippen molar-refractivity contribution in [2.24, 2.45) is 34.3 Å². The highest BCUT2D eigenvalue weighted by molar-refractivity contribution is 5.92. The molecule has 0 aliphatic heterocycles. The van der Waals surface area contributed by atoms with Gasteiger partial charge in [0.15, 0.2) is 0 Å². The van der Waals surface area contributed by atoms with Crippen LogP contribution >= 0.6 is 0 Å². The van der Waals surface area contributed by atoms with Gasteiger partial charge in [-0.3, -0.25) is 4.79 Å². The third-order valence-corrected chi connectivity index (χ3v) is 6.76. The molecule has 0 saturated heterocycles. The largest absolute Gasteiger partial charge is 0.481 e. The van der Waals surface area contributed by atoms with Gasteiger partial charge in [-0.15, -0.1) is 0 Å². The fourth-order valence-corrected chi connectivity index (χ4v) is 4.40. The molecular formula is C33H54N2O4. The summed E-state index contributed by atoms with van der Waals surface area (Å²) in [6.45, 7) is 17.6. The molecule has 1 atom stereocenters. The number of hydrogen-bond acceptors (Lipinski definition) is 5. The summed E-state index contributed by atoms with van der Waals surface area (Å²) in [4.78, 5) is 23.0. The highest BCUT2D eigenvalue weighted by Gasteiger charge is 2.26. The van der Waals surface area contributed by atoms with Crippen LogP contribution in [0.3, 0.4) is 0 Å². The maximum atomic E-state index is 12.1. The van der Waals surface area contributed by atoms with E-state index >= 15 is 0 Å². The summed E-state index contributed by atoms with van der Waals surface area (Å²) in [6, 6.07) is 11.4. The lowest BCUT2D eigenvalue weighted by molar-refractivity contribution is -0.142. The molecule has 220 valence electrons. The number of ether oxygens (including phenoxy) is 1. The van der Waals surface area contributed by atoms with E-state index in [0.29, 0.717) is 12.3 Å². The van der Waals surface area contributed by atoms with E-state index in [-0.39, 0.29) is 29.6 Å². The number of aliphatic carboxylic acids is 1. The Morgan fingerprint density at radius 3 is 2.00 bits per heavy atom. The molecule has 0 radical (unpaired) electrons. The van der Waals surface area contributed by atoms with Gasteiger partial charge in [-0.05, 0) is 47.5 Å². The smallest absolute Gasteiger partial charge is 0.348 e. The molecule has 0 bridgehead atoms. The van der Waals surface area contributed by atoms with Gasteiger partial charge in [-0.2, -0.15) is 5.26 Å². The third kappa shape index (κ3) is 18.3. The molecular weight excluding hydrogens is 488 g/mol. The zero-order chi connectivity index (χ0) is 30.1. The number of carboxylic acid groups (broad SMARTS) is 1. The molecule has 3 N–H and O–H groups in total. The number of allylic oxidation sites excluding steroid dienone is 1. The van der Waals surface area contributed by atoms with E-state index in [4.69, 9.17) is 15.6 Å². The lowest BCUT2D eigenvalue weighted by Crippen LogP contribution is -2.29. The van der Waals surface area contributed by atoms with Gasteiger partial charge in [0.05, 0.1) is 5.92 Å². The molecule has 0 amide bonds. The molecule has 39 heavy (non-hydrogen) atoms. The Hall–Kier alpha value is -2.65. The predicted octanol–water partition coefficient (Wildman–Crippen LogP) is 7.92. The molecule has 0 fully saturated rings. The molecule has 0 aliphatic carbocycles. The van der Waals surface area contributed by atoms with Crippen molar-refractivity contribution in [2.75, 3.05) is 6.54 Å². The van der Waals surface area contributed by atoms with E-state index in [1.165, 1.54) is 12.8 Å². The number of esters is 1. The minimum Gasteiger partial charge on any atom is -0.481 e. The number of carbonyl (C=O) groups is 2. The summed E-state index contributed by atoms with van der Waals surface area (Å²) in [7, 11) is 0. The Morgan fingerprint density at radius 2 is 1.54 bits per heavy atom. The van der Waals surface area contributed by atoms with E-state index in [2.05, 4.69) is 55.4 Å². The number of carbonyl (C=O) groups excluding carboxylic acids is 1. The Bertz CT molecular complexity index is 911. The summed E-state index contributed by atoms with van der Waals surface area (Å²) in [5.41, 5.74) is 6.37. The summed E-state index contributed by atoms with van der Waals surface area (Å²) in [5.74, 6) is -0.316. The van der Waals surface area contributed by atoms with Crippen LogP contribution in [0.15, 0.2) is 42.0 Å². The summed E-state index contributed by atoms with van der Waals surface area (Å²) in [5, 5.41) is 18.2. The summed E-state index contributed by atoms with van der Waals surface area (Å²) in [6.07, 6.45) is 9.07. The first-order valence-electron chi connectivity index (χ1n) is 14.4. The van der Waals surface area contributed by atoms with Crippen molar-refractivity contribution in [3.63, 3.8) is 0 Å². The Balaban J connectivity index is 0.000000794. The van der Waals surface area contributed by atoms with Crippen LogP contribution in [0.5, 0.6) is 0 Å². The standard InChI is InChI=1S/C20H27NO2.C13H27NO2/c1-16(2)9-8-12-20(3,4)13-18(14-21)19(22)23-15-17-10-6-5-7-11-17;1-10(2)6-5-7-13(3,4)8-11(9-14)12(15)16/h5-7,10-11,13,16H,8-9,12,15H2,1-4H3;10-11H,5-9,14H2,1-4H3,(H,15,16). The normalized spacial score (nSPS) is 12.9. The number of hydrogen-bond donors (Lipinski definition) is 2. The molecule has 1 unspecified atom stereocenters. The van der Waals surface area contributed by atoms with Crippen molar-refractivity contribution in [1.82, 2.24) is 0 Å². The van der Waals surface area contributed by atoms with Crippen LogP contribution in [-0.2, 0) is 20.9 Å². The number of benzene rings is 1. The van der Waals surface area contributed by atoms with Gasteiger partial charge in [0.25, 0.3) is 0 Å². The third-order valence-electron chi connectivity index (χ3n) is 6.76. The van der Waals surface area contributed by atoms with Gasteiger partial charge in [0, 0.05) is 6.54 Å². The molecule has 0 aromatic heterocycles. The maximum Gasteiger partial charge on any atom is 0.348 e. The minimum atomic E-state index is -0.764. The van der Waals surface area contributed by atoms with Gasteiger partial charge in [-0.25, -0.2) is 4.79 Å². The minimum absolute atomic E-state index is 0.0807. The van der Waals surface area contributed by atoms with Crippen LogP contribution in [0.2, 0.25) is 0 Å². The lowest BCUT2D eigenvalue weighted by atomic mass is 9.78. The zero-order valence-electron chi connectivity index (χ0n) is 25.8. The highest BCUT2D eigenvalue weighted by Crippen LogP contribution is 2.32. The van der Waals surface area contributed by atoms with Crippen LogP contribution in [0.1, 0.15) is 106 Å². The van der Waals surface area contributed by atoms with Crippen LogP contribution in [0.4, 0.5) is 0 Å². The van der Waals surface area contributed by atoms with Gasteiger partial charge in [0.2, 0.25) is 0 Å². The summed E-state index contributed by atoms with van der Waals surface area (Å²) < 4.78 is 5.24. The van der Waals surface area contributed by atoms with Gasteiger partial charge in [-0.1, -0.05) is 117 Å². The van der Waals surface area contributed by atoms with E-state index in [1.54, 1.807) is 6.08 Å². The SMILES string of the molecule is CC(C)CCCC(C)(C)C=C(C#N)C(=O)OCc1ccccc1.CC(C)CCCC(C)(C)CC(CN)C(=O)O. The maximum absolute atomic E-state index is 12.1. The molecule has 6 heteroatoms. The van der Waals surface area contributed by atoms with E-state index in [1.807, 2.05) is 36.4 Å². The average molecular weight is 543 g/mol. The van der Waals surface area contributed by atoms with E-state index < -0.39 is 17.9 Å². The monoisotopic (exact) mass is 542 g/mol. The van der Waals surface area contributed by atoms with Crippen molar-refractivity contribution in [3.05, 3.63) is 47.5 Å². The molecule has 1 aromatic rings. The first-order valence-corrected chi connectivity index (χ1v) is 14.4. The molecule has 0 heterocycles. The van der Waals surface area contributed by atoms with Crippen molar-refractivity contribution in [2.45, 2.75) is 107 Å². The number of carboxylic acids is 1. The van der Waals surface area contributed by atoms with Gasteiger partial charge in [0.1, 0.15) is 18.2 Å². The Kier molecular flexibility index (Phi) is 17.3. The molecule has 0 saturated carbocycles. The quantitative estimate of drug-likeness (QED) is 0.125. The molecule has 1 rings (SSSR count). The van der Waals surface area contributed by atoms with Gasteiger partial charge >= 0.3 is 11.9 Å². The number of nitriles is 1. The zero-order valence-corrected chi connectivity index (χ0v) is 25.8. The molecule has 6 nitrogen and oxygen atoms in total. The van der Waals surface area contributed by atoms with Crippen LogP contribution < -0.4 is 5.73 Å². The van der Waals surface area contributed by atoms with Crippen molar-refractivity contribution >= 4 is 11.9 Å². The predicted molar refractivity (Wildman–Crippen MR) is 160 cm³/mol. The summed E-state index contributed by atoms with van der Waals surface area (Å²) >= 11 is 0. The molecule has 0 aliphatic rings. The number of nitrogens with two attached hydrogens (primary N) is 1. The second kappa shape index (κ2) is 18.6. The van der Waals surface area contributed by atoms with Crippen molar-refractivity contribution in [1.29, 1.82) is 5.26 Å². The molecule has 0 spiro atoms. The number of rotatable bonds is 16. The second-order valence-electron chi connectivity index (χ2n) is 12.9. The van der Waals surface area contributed by atoms with Crippen LogP contribution in [-0.4, -0.2) is 23.6 Å². The molecule has 1 aromatic carbocycles. The van der Waals surface area contributed by atoms with E-state index in [0.717, 1.165) is 37.2 Å². The Labute approximate surface area is 238 Å². The highest BCUT2D eigenvalue weighted by atomic mass is 16.5. The second-order valence-corrected chi connectivity index (χ2v) is 12.9.